The van der Waals surface area contributed by atoms with E-state index in [9.17, 15) is 4.79 Å². The minimum absolute atomic E-state index is 0.0692. The molecule has 0 radical (unpaired) electrons. The van der Waals surface area contributed by atoms with Gasteiger partial charge >= 0.3 is 128 Å². The molecule has 0 aliphatic carbocycles. The second-order valence-corrected chi connectivity index (χ2v) is 11.5. The number of benzene rings is 1. The van der Waals surface area contributed by atoms with Crippen molar-refractivity contribution in [3.05, 3.63) is 29.8 Å². The van der Waals surface area contributed by atoms with Crippen molar-refractivity contribution >= 4 is 13.3 Å². The molecule has 1 aromatic rings. The van der Waals surface area contributed by atoms with E-state index < -0.39 is 7.41 Å². The molecule has 0 spiro atoms. The standard InChI is InChI=1S/C16H29N2O2P/c1-7-12(2)20-14-10-8-13(9-11-14)15(19)18-21(5,6)16(3,4)17/h8-12,21H,7,17H2,1-6H3,(H,18,19). The fourth-order valence-corrected chi connectivity index (χ4v) is 2.55. The van der Waals surface area contributed by atoms with Gasteiger partial charge in [0.1, 0.15) is 0 Å². The molecule has 4 nitrogen and oxygen atoms in total. The van der Waals surface area contributed by atoms with Crippen LogP contribution in [0.1, 0.15) is 44.5 Å². The van der Waals surface area contributed by atoms with E-state index in [4.69, 9.17) is 10.5 Å². The summed E-state index contributed by atoms with van der Waals surface area (Å²) in [5, 5.41) is 2.75. The molecule has 1 unspecified atom stereocenters. The summed E-state index contributed by atoms with van der Waals surface area (Å²) in [7, 11) is -2.05. The Morgan fingerprint density at radius 1 is 1.33 bits per heavy atom. The second-order valence-electron chi connectivity index (χ2n) is 6.66. The van der Waals surface area contributed by atoms with E-state index >= 15 is 0 Å². The zero-order valence-electron chi connectivity index (χ0n) is 14.0. The SMILES string of the molecule is CCC(C)Oc1ccc(C(=O)N[PH](C)(C)C(C)(C)N)cc1. The normalized spacial score (nSPS) is 14.4. The Kier molecular flexibility index (Phi) is 5.77. The van der Waals surface area contributed by atoms with E-state index in [2.05, 4.69) is 25.3 Å². The van der Waals surface area contributed by atoms with E-state index in [1.807, 2.05) is 32.9 Å². The Balaban J connectivity index is 2.76. The third-order valence-electron chi connectivity index (χ3n) is 4.07. The summed E-state index contributed by atoms with van der Waals surface area (Å²) >= 11 is 0. The monoisotopic (exact) mass is 312 g/mol. The van der Waals surface area contributed by atoms with Crippen LogP contribution >= 0.6 is 7.41 Å². The summed E-state index contributed by atoms with van der Waals surface area (Å²) in [4.78, 5) is 12.3. The van der Waals surface area contributed by atoms with E-state index in [0.717, 1.165) is 12.2 Å². The number of hydrogen-bond acceptors (Lipinski definition) is 3. The fourth-order valence-electron chi connectivity index (χ4n) is 1.52. The van der Waals surface area contributed by atoms with E-state index in [0.29, 0.717) is 5.56 Å². The van der Waals surface area contributed by atoms with Crippen LogP contribution in [0.5, 0.6) is 5.75 Å². The molecule has 120 valence electrons. The first kappa shape index (κ1) is 17.9. The Morgan fingerprint density at radius 2 is 1.86 bits per heavy atom. The molecule has 1 atom stereocenters. The fraction of sp³-hybridized carbons (Fsp3) is 0.562. The molecule has 0 bridgehead atoms. The summed E-state index contributed by atoms with van der Waals surface area (Å²) in [5.74, 6) is 0.719. The molecule has 0 aromatic heterocycles. The van der Waals surface area contributed by atoms with Crippen LogP contribution in [0.15, 0.2) is 24.3 Å². The first-order valence-corrected chi connectivity index (χ1v) is 10.4. The molecule has 5 heteroatoms. The first-order valence-electron chi connectivity index (χ1n) is 7.45. The van der Waals surface area contributed by atoms with E-state index in [1.54, 1.807) is 12.1 Å². The molecule has 0 fully saturated rings. The van der Waals surface area contributed by atoms with Gasteiger partial charge in [0.2, 0.25) is 0 Å². The van der Waals surface area contributed by atoms with Crippen LogP contribution in [0.2, 0.25) is 0 Å². The Labute approximate surface area is 128 Å². The number of carbonyl (C=O) groups excluding carboxylic acids is 1. The van der Waals surface area contributed by atoms with Gasteiger partial charge in [0.15, 0.2) is 0 Å². The summed E-state index contributed by atoms with van der Waals surface area (Å²) in [5.41, 5.74) is 6.80. The Morgan fingerprint density at radius 3 is 2.29 bits per heavy atom. The quantitative estimate of drug-likeness (QED) is 0.793. The molecule has 21 heavy (non-hydrogen) atoms. The van der Waals surface area contributed by atoms with Crippen LogP contribution in [-0.4, -0.2) is 30.6 Å². The Hall–Kier alpha value is -1.12. The molecule has 1 amide bonds. The molecule has 0 aliphatic rings. The predicted molar refractivity (Wildman–Crippen MR) is 92.7 cm³/mol. The topological polar surface area (TPSA) is 64.3 Å². The van der Waals surface area contributed by atoms with Gasteiger partial charge in [-0.2, -0.15) is 0 Å². The van der Waals surface area contributed by atoms with E-state index in [-0.39, 0.29) is 17.3 Å². The molecule has 0 heterocycles. The zero-order chi connectivity index (χ0) is 16.3. The van der Waals surface area contributed by atoms with Gasteiger partial charge in [0.05, 0.1) is 0 Å². The summed E-state index contributed by atoms with van der Waals surface area (Å²) in [6.45, 7) is 12.1. The van der Waals surface area contributed by atoms with Gasteiger partial charge in [0.25, 0.3) is 0 Å². The van der Waals surface area contributed by atoms with Gasteiger partial charge in [0, 0.05) is 0 Å². The number of amides is 1. The predicted octanol–water partition coefficient (Wildman–Crippen LogP) is 3.21. The third-order valence-corrected chi connectivity index (χ3v) is 8.14. The number of carbonyl (C=O) groups is 1. The van der Waals surface area contributed by atoms with Gasteiger partial charge in [-0.15, -0.1) is 0 Å². The van der Waals surface area contributed by atoms with Crippen LogP contribution < -0.4 is 15.6 Å². The second kappa shape index (κ2) is 6.76. The molecule has 0 aliphatic heterocycles. The van der Waals surface area contributed by atoms with Crippen molar-refractivity contribution in [2.45, 2.75) is 45.5 Å². The number of hydrogen-bond donors (Lipinski definition) is 2. The summed E-state index contributed by atoms with van der Waals surface area (Å²) in [6, 6.07) is 7.26. The zero-order valence-corrected chi connectivity index (χ0v) is 15.0. The average molecular weight is 312 g/mol. The minimum atomic E-state index is -2.05. The number of nitrogens with two attached hydrogens (primary N) is 1. The van der Waals surface area contributed by atoms with Crippen LogP contribution in [0, 0.1) is 0 Å². The van der Waals surface area contributed by atoms with Crippen molar-refractivity contribution in [3.8, 4) is 5.75 Å². The van der Waals surface area contributed by atoms with Crippen LogP contribution in [0.25, 0.3) is 0 Å². The van der Waals surface area contributed by atoms with Crippen LogP contribution in [0.4, 0.5) is 0 Å². The maximum atomic E-state index is 12.3. The van der Waals surface area contributed by atoms with Crippen molar-refractivity contribution in [1.29, 1.82) is 0 Å². The molecule has 1 rings (SSSR count). The van der Waals surface area contributed by atoms with Gasteiger partial charge in [-0.3, -0.25) is 0 Å². The van der Waals surface area contributed by atoms with Crippen molar-refractivity contribution in [1.82, 2.24) is 5.09 Å². The molecule has 0 saturated carbocycles. The molecule has 1 aromatic carbocycles. The van der Waals surface area contributed by atoms with Crippen molar-refractivity contribution in [2.24, 2.45) is 5.73 Å². The molecular formula is C16H29N2O2P. The molecular weight excluding hydrogens is 283 g/mol. The average Bonchev–Trinajstić information content (AvgIpc) is 2.37. The number of nitrogens with one attached hydrogen (secondary N) is 1. The number of ether oxygens (including phenoxy) is 1. The number of rotatable bonds is 6. The summed E-state index contributed by atoms with van der Waals surface area (Å²) in [6.07, 6.45) is 1.13. The first-order chi connectivity index (χ1) is 9.56. The van der Waals surface area contributed by atoms with Crippen molar-refractivity contribution in [3.63, 3.8) is 0 Å². The molecule has 0 saturated heterocycles. The maximum absolute atomic E-state index is 12.3. The van der Waals surface area contributed by atoms with E-state index in [1.165, 1.54) is 0 Å². The summed E-state index contributed by atoms with van der Waals surface area (Å²) < 4.78 is 5.71. The molecule has 3 N–H and O–H groups in total. The van der Waals surface area contributed by atoms with Gasteiger partial charge in [-0.25, -0.2) is 0 Å². The van der Waals surface area contributed by atoms with Gasteiger partial charge < -0.3 is 0 Å². The van der Waals surface area contributed by atoms with Gasteiger partial charge in [-0.1, -0.05) is 0 Å². The van der Waals surface area contributed by atoms with Crippen LogP contribution in [0.3, 0.4) is 0 Å². The van der Waals surface area contributed by atoms with Crippen molar-refractivity contribution < 1.29 is 9.53 Å². The third kappa shape index (κ3) is 4.98. The van der Waals surface area contributed by atoms with Crippen LogP contribution in [-0.2, 0) is 0 Å². The van der Waals surface area contributed by atoms with Crippen molar-refractivity contribution in [2.75, 3.05) is 13.3 Å². The Bertz CT molecular complexity index is 478. The van der Waals surface area contributed by atoms with Gasteiger partial charge in [-0.05, 0) is 0 Å².